The summed E-state index contributed by atoms with van der Waals surface area (Å²) >= 11 is 0. The van der Waals surface area contributed by atoms with Crippen LogP contribution in [0.25, 0.3) is 21.9 Å². The summed E-state index contributed by atoms with van der Waals surface area (Å²) in [5.74, 6) is 9.85. The minimum absolute atomic E-state index is 0.224. The van der Waals surface area contributed by atoms with Crippen molar-refractivity contribution in [3.05, 3.63) is 141 Å². The third-order valence-electron chi connectivity index (χ3n) is 8.87. The van der Waals surface area contributed by atoms with E-state index < -0.39 is 11.9 Å². The molecule has 0 aliphatic heterocycles. The van der Waals surface area contributed by atoms with Gasteiger partial charge in [0.05, 0.1) is 39.3 Å². The topological polar surface area (TPSA) is 178 Å². The number of hydrogen-bond acceptors (Lipinski definition) is 8. The zero-order valence-electron chi connectivity index (χ0n) is 31.9. The molecule has 6 rings (SSSR count). The maximum Gasteiger partial charge on any atom is 0.308 e. The number of carboxylic acids is 2. The molecule has 58 heavy (non-hydrogen) atoms. The Labute approximate surface area is 334 Å². The summed E-state index contributed by atoms with van der Waals surface area (Å²) in [5.41, 5.74) is 6.06. The van der Waals surface area contributed by atoms with Gasteiger partial charge in [0, 0.05) is 57.2 Å². The molecule has 12 nitrogen and oxygen atoms in total. The van der Waals surface area contributed by atoms with Gasteiger partial charge in [-0.15, -0.1) is 0 Å². The largest absolute Gasteiger partial charge is 0.481 e. The number of hydrogen-bond donors (Lipinski definition) is 4. The van der Waals surface area contributed by atoms with Crippen LogP contribution in [0.4, 0.5) is 0 Å². The molecule has 2 aromatic heterocycles. The van der Waals surface area contributed by atoms with Gasteiger partial charge in [-0.3, -0.25) is 19.2 Å². The molecule has 12 heteroatoms. The van der Waals surface area contributed by atoms with Gasteiger partial charge < -0.3 is 39.2 Å². The summed E-state index contributed by atoms with van der Waals surface area (Å²) < 4.78 is 22.9. The molecule has 0 aliphatic carbocycles. The van der Waals surface area contributed by atoms with Crippen molar-refractivity contribution in [3.8, 4) is 23.7 Å². The number of ether oxygens (including phenoxy) is 2. The molecular weight excluding hydrogens is 741 g/mol. The predicted octanol–water partition coefficient (Wildman–Crippen LogP) is 6.04. The Bertz CT molecular complexity index is 2450. The monoisotopic (exact) mass is 780 g/mol. The van der Waals surface area contributed by atoms with E-state index in [-0.39, 0.29) is 62.5 Å². The number of carbonyl (C=O) groups excluding carboxylic acids is 2. The second kappa shape index (κ2) is 19.2. The van der Waals surface area contributed by atoms with E-state index in [1.807, 2.05) is 38.1 Å². The van der Waals surface area contributed by atoms with Crippen molar-refractivity contribution < 1.29 is 47.7 Å². The number of benzene rings is 4. The SMILES string of the molecule is Cc1ccc2oc(C#Cc3cccc(C(=O)NCCOCCOCCNC(=O)c4cccc(C#Cc5oc6ccc(C)cc6c5CC(=O)O)c4)c3)c(CC(=O)O)c2c1. The molecule has 2 amide bonds. The summed E-state index contributed by atoms with van der Waals surface area (Å²) in [5, 5.41) is 25.9. The number of amides is 2. The molecule has 6 aromatic rings. The van der Waals surface area contributed by atoms with E-state index in [1.165, 1.54) is 0 Å². The Hall–Kier alpha value is -7.12. The summed E-state index contributed by atoms with van der Waals surface area (Å²) in [6.07, 6.45) is -0.449. The Balaban J connectivity index is 0.894. The van der Waals surface area contributed by atoms with Crippen molar-refractivity contribution in [2.45, 2.75) is 26.7 Å². The molecule has 2 heterocycles. The average Bonchev–Trinajstić information content (AvgIpc) is 3.72. The Morgan fingerprint density at radius 2 is 1.00 bits per heavy atom. The maximum absolute atomic E-state index is 12.8. The highest BCUT2D eigenvalue weighted by molar-refractivity contribution is 5.95. The van der Waals surface area contributed by atoms with Crippen molar-refractivity contribution in [1.82, 2.24) is 10.6 Å². The predicted molar refractivity (Wildman–Crippen MR) is 216 cm³/mol. The van der Waals surface area contributed by atoms with E-state index in [9.17, 15) is 29.4 Å². The van der Waals surface area contributed by atoms with E-state index in [4.69, 9.17) is 18.3 Å². The van der Waals surface area contributed by atoms with E-state index in [2.05, 4.69) is 34.3 Å². The van der Waals surface area contributed by atoms with E-state index in [0.717, 1.165) is 11.1 Å². The zero-order chi connectivity index (χ0) is 41.0. The van der Waals surface area contributed by atoms with Gasteiger partial charge in [0.2, 0.25) is 0 Å². The molecule has 4 aromatic carbocycles. The third kappa shape index (κ3) is 10.8. The van der Waals surface area contributed by atoms with Crippen molar-refractivity contribution in [2.75, 3.05) is 39.5 Å². The van der Waals surface area contributed by atoms with E-state index >= 15 is 0 Å². The average molecular weight is 781 g/mol. The maximum atomic E-state index is 12.8. The normalized spacial score (nSPS) is 10.7. The number of rotatable bonds is 15. The molecular formula is C46H40N2O10. The van der Waals surface area contributed by atoms with Crippen molar-refractivity contribution >= 4 is 45.7 Å². The fraction of sp³-hybridized carbons (Fsp3) is 0.217. The number of furan rings is 2. The summed E-state index contributed by atoms with van der Waals surface area (Å²) in [7, 11) is 0. The number of fused-ring (bicyclic) bond motifs is 2. The molecule has 0 saturated heterocycles. The molecule has 0 radical (unpaired) electrons. The first-order valence-corrected chi connectivity index (χ1v) is 18.5. The Morgan fingerprint density at radius 1 is 0.569 bits per heavy atom. The zero-order valence-corrected chi connectivity index (χ0v) is 31.9. The van der Waals surface area contributed by atoms with Crippen LogP contribution in [0.15, 0.2) is 93.8 Å². The summed E-state index contributed by atoms with van der Waals surface area (Å²) in [4.78, 5) is 48.6. The molecule has 0 bridgehead atoms. The first-order chi connectivity index (χ1) is 28.0. The molecule has 4 N–H and O–H groups in total. The summed E-state index contributed by atoms with van der Waals surface area (Å²) in [6.45, 7) is 5.49. The van der Waals surface area contributed by atoms with Crippen molar-refractivity contribution in [2.24, 2.45) is 0 Å². The van der Waals surface area contributed by atoms with Crippen LogP contribution in [0.5, 0.6) is 0 Å². The van der Waals surface area contributed by atoms with Crippen LogP contribution < -0.4 is 10.6 Å². The quantitative estimate of drug-likeness (QED) is 0.0710. The van der Waals surface area contributed by atoms with Crippen LogP contribution in [-0.2, 0) is 31.9 Å². The second-order valence-corrected chi connectivity index (χ2v) is 13.4. The second-order valence-electron chi connectivity index (χ2n) is 13.4. The standard InChI is InChI=1S/C46H40N2O10/c1-29-9-13-39-35(23-29)37(27-43(49)50)41(57-39)15-11-31-5-3-7-33(25-31)45(53)47-17-19-55-21-22-56-20-18-48-46(54)34-8-4-6-32(26-34)12-16-42-38(28-44(51)52)36-24-30(2)10-14-40(36)58-42/h3-10,13-14,23-26H,17-22,27-28H2,1-2H3,(H,47,53)(H,48,54)(H,49,50)(H,51,52). The number of aliphatic carboxylic acids is 2. The van der Waals surface area contributed by atoms with Gasteiger partial charge in [0.25, 0.3) is 11.8 Å². The number of carboxylic acid groups (broad SMARTS) is 2. The Morgan fingerprint density at radius 3 is 1.41 bits per heavy atom. The fourth-order valence-corrected chi connectivity index (χ4v) is 6.11. The van der Waals surface area contributed by atoms with Crippen LogP contribution in [0.2, 0.25) is 0 Å². The van der Waals surface area contributed by atoms with Crippen LogP contribution in [0.3, 0.4) is 0 Å². The van der Waals surface area contributed by atoms with Gasteiger partial charge in [0.1, 0.15) is 11.2 Å². The molecule has 294 valence electrons. The van der Waals surface area contributed by atoms with Crippen molar-refractivity contribution in [3.63, 3.8) is 0 Å². The first-order valence-electron chi connectivity index (χ1n) is 18.5. The van der Waals surface area contributed by atoms with Gasteiger partial charge in [-0.2, -0.15) is 0 Å². The fourth-order valence-electron chi connectivity index (χ4n) is 6.11. The highest BCUT2D eigenvalue weighted by Crippen LogP contribution is 2.28. The van der Waals surface area contributed by atoms with Crippen LogP contribution in [0.1, 0.15) is 65.6 Å². The number of carbonyl (C=O) groups is 4. The highest BCUT2D eigenvalue weighted by atomic mass is 16.5. The minimum Gasteiger partial charge on any atom is -0.481 e. The lowest BCUT2D eigenvalue weighted by Gasteiger charge is -2.08. The van der Waals surface area contributed by atoms with Gasteiger partial charge in [0.15, 0.2) is 11.5 Å². The molecule has 0 fully saturated rings. The minimum atomic E-state index is -0.986. The van der Waals surface area contributed by atoms with Crippen LogP contribution in [-0.4, -0.2) is 73.5 Å². The lowest BCUT2D eigenvalue weighted by atomic mass is 10.1. The van der Waals surface area contributed by atoms with Gasteiger partial charge in [-0.05, 0) is 86.4 Å². The molecule has 0 atom stereocenters. The summed E-state index contributed by atoms with van der Waals surface area (Å²) in [6, 6.07) is 24.7. The number of aryl methyl sites for hydroxylation is 2. The smallest absolute Gasteiger partial charge is 0.308 e. The molecule has 0 saturated carbocycles. The third-order valence-corrected chi connectivity index (χ3v) is 8.87. The molecule has 0 spiro atoms. The van der Waals surface area contributed by atoms with Crippen molar-refractivity contribution in [1.29, 1.82) is 0 Å². The van der Waals surface area contributed by atoms with Crippen LogP contribution >= 0.6 is 0 Å². The van der Waals surface area contributed by atoms with Gasteiger partial charge in [-0.25, -0.2) is 0 Å². The lowest BCUT2D eigenvalue weighted by molar-refractivity contribution is -0.137. The van der Waals surface area contributed by atoms with E-state index in [1.54, 1.807) is 60.7 Å². The first kappa shape index (κ1) is 40.5. The Kier molecular flexibility index (Phi) is 13.4. The van der Waals surface area contributed by atoms with E-state index in [0.29, 0.717) is 68.5 Å². The lowest BCUT2D eigenvalue weighted by Crippen LogP contribution is -2.28. The molecule has 0 unspecified atom stereocenters. The molecule has 0 aliphatic rings. The number of nitrogens with one attached hydrogen (secondary N) is 2. The highest BCUT2D eigenvalue weighted by Gasteiger charge is 2.17. The van der Waals surface area contributed by atoms with Gasteiger partial charge in [-0.1, -0.05) is 47.2 Å². The van der Waals surface area contributed by atoms with Crippen LogP contribution in [0, 0.1) is 37.5 Å². The van der Waals surface area contributed by atoms with Gasteiger partial charge >= 0.3 is 11.9 Å².